The quantitative estimate of drug-likeness (QED) is 0.225. The number of aldehydes is 1. The number of nitrogens with two attached hydrogens (primary N) is 1. The van der Waals surface area contributed by atoms with E-state index >= 15 is 0 Å². The van der Waals surface area contributed by atoms with Crippen molar-refractivity contribution in [3.8, 4) is 12.1 Å². The molecule has 14 nitrogen and oxygen atoms in total. The van der Waals surface area contributed by atoms with Crippen LogP contribution in [0.3, 0.4) is 0 Å². The molecule has 1 amide bonds. The zero-order valence-corrected chi connectivity index (χ0v) is 22.6. The normalized spacial score (nSPS) is 8.42. The number of aromatic nitrogens is 3. The molecule has 2 heterocycles. The molecule has 0 unspecified atom stereocenters. The molecule has 0 fully saturated rings. The third kappa shape index (κ3) is 13.8. The van der Waals surface area contributed by atoms with E-state index in [1.54, 1.807) is 26.0 Å². The van der Waals surface area contributed by atoms with Crippen molar-refractivity contribution in [1.82, 2.24) is 14.1 Å². The fraction of sp³-hybridized carbons (Fsp3) is 0.333. The Kier molecular flexibility index (Phi) is 21.0. The van der Waals surface area contributed by atoms with Crippen LogP contribution < -0.4 is 57.2 Å². The number of carbonyl (C=O) groups is 3. The number of hydrogen-bond acceptors (Lipinski definition) is 10. The van der Waals surface area contributed by atoms with Crippen LogP contribution in [0.5, 0.6) is 0 Å². The minimum absolute atomic E-state index is 0. The molecule has 2 aromatic heterocycles. The van der Waals surface area contributed by atoms with Gasteiger partial charge in [0.1, 0.15) is 18.1 Å². The number of pyridine rings is 1. The minimum Gasteiger partial charge on any atom is -0.855 e. The number of aromatic amines is 1. The average Bonchev–Trinajstić information content (AvgIpc) is 2.81. The van der Waals surface area contributed by atoms with Gasteiger partial charge in [0.15, 0.2) is 6.29 Å². The molecule has 0 saturated heterocycles. The smallest absolute Gasteiger partial charge is 0.855 e. The number of nitrogens with zero attached hydrogens (tertiary/aromatic N) is 4. The van der Waals surface area contributed by atoms with E-state index in [1.165, 1.54) is 37.1 Å². The van der Waals surface area contributed by atoms with Crippen molar-refractivity contribution in [1.29, 1.82) is 10.5 Å². The second-order valence-corrected chi connectivity index (χ2v) is 6.01. The molecule has 0 aliphatic heterocycles. The number of H-pyrrole nitrogens is 1. The predicted molar refractivity (Wildman–Crippen MR) is 120 cm³/mol. The second kappa shape index (κ2) is 20.5. The first-order valence-electron chi connectivity index (χ1n) is 9.70. The Balaban J connectivity index is -0.000000450. The topological polar surface area (TPSA) is 234 Å². The van der Waals surface area contributed by atoms with E-state index in [0.717, 1.165) is 4.57 Å². The number of aryl methyl sites for hydroxylation is 1. The molecular formula is C21H25N6NaO8. The molecule has 0 aliphatic rings. The maximum Gasteiger partial charge on any atom is 1.00 e. The van der Waals surface area contributed by atoms with Crippen molar-refractivity contribution in [3.63, 3.8) is 0 Å². The van der Waals surface area contributed by atoms with Crippen LogP contribution in [0.2, 0.25) is 0 Å². The van der Waals surface area contributed by atoms with Crippen LogP contribution in [0.25, 0.3) is 0 Å². The number of nitriles is 2. The first-order chi connectivity index (χ1) is 16.4. The maximum absolute atomic E-state index is 11.2. The van der Waals surface area contributed by atoms with E-state index in [-0.39, 0.29) is 65.9 Å². The van der Waals surface area contributed by atoms with Gasteiger partial charge < -0.3 is 25.1 Å². The Hall–Kier alpha value is -3.82. The number of carbonyl (C=O) groups excluding carboxylic acids is 3. The Morgan fingerprint density at radius 1 is 1.22 bits per heavy atom. The Labute approximate surface area is 227 Å². The molecule has 0 atom stereocenters. The third-order valence-corrected chi connectivity index (χ3v) is 3.39. The zero-order valence-electron chi connectivity index (χ0n) is 20.6. The summed E-state index contributed by atoms with van der Waals surface area (Å²) in [5, 5.41) is 25.1. The molecule has 36 heavy (non-hydrogen) atoms. The van der Waals surface area contributed by atoms with Gasteiger partial charge in [-0.25, -0.2) is 9.59 Å². The molecule has 0 radical (unpaired) electrons. The molecule has 15 heteroatoms. The summed E-state index contributed by atoms with van der Waals surface area (Å²) in [6.07, 6.45) is 2.70. The number of nitrogens with one attached hydrogen (secondary N) is 1. The van der Waals surface area contributed by atoms with E-state index in [0.29, 0.717) is 6.29 Å². The zero-order chi connectivity index (χ0) is 27.6. The summed E-state index contributed by atoms with van der Waals surface area (Å²) in [5.41, 5.74) is 3.08. The summed E-state index contributed by atoms with van der Waals surface area (Å²) in [4.78, 5) is 66.5. The first kappa shape index (κ1) is 36.7. The van der Waals surface area contributed by atoms with Gasteiger partial charge in [0.05, 0.1) is 23.8 Å². The summed E-state index contributed by atoms with van der Waals surface area (Å²) in [6.45, 7) is 3.49. The van der Waals surface area contributed by atoms with Gasteiger partial charge in [0, 0.05) is 26.5 Å². The molecule has 0 spiro atoms. The number of amides is 1. The van der Waals surface area contributed by atoms with Gasteiger partial charge in [-0.3, -0.25) is 23.7 Å². The molecule has 0 aromatic carbocycles. The van der Waals surface area contributed by atoms with Crippen LogP contribution in [0.15, 0.2) is 32.8 Å². The molecule has 2 rings (SSSR count). The molecule has 0 aliphatic carbocycles. The second-order valence-electron chi connectivity index (χ2n) is 6.01. The van der Waals surface area contributed by atoms with Gasteiger partial charge in [0.25, 0.3) is 11.1 Å². The van der Waals surface area contributed by atoms with Crippen LogP contribution in [0.1, 0.15) is 46.5 Å². The number of ether oxygens (including phenoxy) is 1. The van der Waals surface area contributed by atoms with Crippen LogP contribution >= 0.6 is 0 Å². The number of esters is 1. The molecule has 0 bridgehead atoms. The molecule has 188 valence electrons. The number of rotatable bonds is 4. The van der Waals surface area contributed by atoms with E-state index in [1.807, 2.05) is 0 Å². The fourth-order valence-electron chi connectivity index (χ4n) is 1.89. The van der Waals surface area contributed by atoms with Crippen LogP contribution in [-0.2, 0) is 23.6 Å². The predicted octanol–water partition coefficient (Wildman–Crippen LogP) is -4.92. The number of primary amides is 1. The average molecular weight is 512 g/mol. The number of hydrogen-bond donors (Lipinski definition) is 2. The Bertz CT molecular complexity index is 1270. The van der Waals surface area contributed by atoms with Crippen molar-refractivity contribution < 1.29 is 53.8 Å². The first-order valence-corrected chi connectivity index (χ1v) is 9.70. The van der Waals surface area contributed by atoms with Gasteiger partial charge in [-0.1, -0.05) is 6.92 Å². The largest absolute Gasteiger partial charge is 1.00 e. The standard InChI is InChI=1S/C9H8N2O3.C7H8N2O3.C3H4N2O.C2H5O.Na/c1-2-14-9(13)7-3-6(4-10)8(12)11-5-7;1-8-3-5(4-10)6(11)9(2)7(8)12;4-2-1-3(5)6;1-2-3;/h3,5H,2H2,1H3,(H,11,12);3-4H,1-2H3;1H2,(H2,5,6);2H2,1H3;/q;;;-1;+1. The van der Waals surface area contributed by atoms with Crippen LogP contribution in [0.4, 0.5) is 0 Å². The van der Waals surface area contributed by atoms with Gasteiger partial charge in [-0.15, -0.1) is 6.61 Å². The fourth-order valence-corrected chi connectivity index (χ4v) is 1.89. The SMILES string of the molecule is CCOC(=O)c1c[nH]c(=O)c(C#N)c1.CC[O-].Cn1cc(C=O)c(=O)n(C)c1=O.N#CCC(N)=O.[Na+]. The molecule has 0 saturated carbocycles. The molecule has 3 N–H and O–H groups in total. The van der Waals surface area contributed by atoms with E-state index in [9.17, 15) is 28.8 Å². The molecular weight excluding hydrogens is 487 g/mol. The molecule has 2 aromatic rings. The summed E-state index contributed by atoms with van der Waals surface area (Å²) in [7, 11) is 2.81. The van der Waals surface area contributed by atoms with Gasteiger partial charge in [-0.2, -0.15) is 10.5 Å². The van der Waals surface area contributed by atoms with Gasteiger partial charge in [0.2, 0.25) is 5.91 Å². The van der Waals surface area contributed by atoms with E-state index < -0.39 is 28.7 Å². The van der Waals surface area contributed by atoms with E-state index in [4.69, 9.17) is 20.4 Å². The van der Waals surface area contributed by atoms with Crippen molar-refractivity contribution in [2.24, 2.45) is 19.8 Å². The van der Waals surface area contributed by atoms with Crippen molar-refractivity contribution >= 4 is 18.2 Å². The summed E-state index contributed by atoms with van der Waals surface area (Å²) < 4.78 is 6.78. The summed E-state index contributed by atoms with van der Waals surface area (Å²) >= 11 is 0. The summed E-state index contributed by atoms with van der Waals surface area (Å²) in [5.74, 6) is -1.13. The van der Waals surface area contributed by atoms with Crippen molar-refractivity contribution in [3.05, 3.63) is 66.3 Å². The van der Waals surface area contributed by atoms with Gasteiger partial charge >= 0.3 is 41.2 Å². The van der Waals surface area contributed by atoms with Crippen molar-refractivity contribution in [2.75, 3.05) is 13.2 Å². The van der Waals surface area contributed by atoms with Crippen LogP contribution in [-0.4, -0.2) is 45.5 Å². The van der Waals surface area contributed by atoms with Crippen molar-refractivity contribution in [2.45, 2.75) is 20.3 Å². The van der Waals surface area contributed by atoms with Crippen LogP contribution in [0, 0.1) is 22.7 Å². The van der Waals surface area contributed by atoms with E-state index in [2.05, 4.69) is 10.7 Å². The summed E-state index contributed by atoms with van der Waals surface area (Å²) in [6, 6.07) is 4.48. The Morgan fingerprint density at radius 2 is 1.78 bits per heavy atom. The monoisotopic (exact) mass is 512 g/mol. The maximum atomic E-state index is 11.2. The minimum atomic E-state index is -0.572. The third-order valence-electron chi connectivity index (χ3n) is 3.39. The van der Waals surface area contributed by atoms with Gasteiger partial charge in [-0.05, 0) is 13.0 Å². The Morgan fingerprint density at radius 3 is 2.17 bits per heavy atom.